The van der Waals surface area contributed by atoms with E-state index in [4.69, 9.17) is 4.74 Å². The Labute approximate surface area is 164 Å². The van der Waals surface area contributed by atoms with Crippen molar-refractivity contribution >= 4 is 5.91 Å². The first-order valence-electron chi connectivity index (χ1n) is 10.4. The topological polar surface area (TPSA) is 41.0 Å². The summed E-state index contributed by atoms with van der Waals surface area (Å²) in [6, 6.07) is 5.36. The van der Waals surface area contributed by atoms with Gasteiger partial charge in [-0.3, -0.25) is 14.6 Å². The van der Waals surface area contributed by atoms with Gasteiger partial charge in [-0.1, -0.05) is 0 Å². The molecule has 1 aromatic rings. The predicted octanol–water partition coefficient (Wildman–Crippen LogP) is 1.95. The largest absolute Gasteiger partial charge is 0.381 e. The molecule has 27 heavy (non-hydrogen) atoms. The average molecular weight is 377 g/mol. The van der Waals surface area contributed by atoms with Crippen LogP contribution in [0.2, 0.25) is 0 Å². The SMILES string of the molecule is CC(=O)N1CCCC(N(CCN(C)Cc2cccn2C)C2CCOCC2)C1. The van der Waals surface area contributed by atoms with E-state index < -0.39 is 0 Å². The number of ether oxygens (including phenoxy) is 1. The normalized spacial score (nSPS) is 22.0. The highest BCUT2D eigenvalue weighted by atomic mass is 16.5. The van der Waals surface area contributed by atoms with Gasteiger partial charge in [-0.25, -0.2) is 0 Å². The molecule has 0 spiro atoms. The van der Waals surface area contributed by atoms with Gasteiger partial charge in [-0.05, 0) is 44.9 Å². The molecular formula is C21H36N4O2. The maximum absolute atomic E-state index is 11.9. The second kappa shape index (κ2) is 9.71. The van der Waals surface area contributed by atoms with E-state index in [1.54, 1.807) is 6.92 Å². The minimum atomic E-state index is 0.215. The summed E-state index contributed by atoms with van der Waals surface area (Å²) in [6.07, 6.45) is 6.64. The summed E-state index contributed by atoms with van der Waals surface area (Å²) in [6.45, 7) is 8.30. The minimum absolute atomic E-state index is 0.215. The Balaban J connectivity index is 1.61. The van der Waals surface area contributed by atoms with Gasteiger partial charge in [-0.2, -0.15) is 0 Å². The van der Waals surface area contributed by atoms with Crippen molar-refractivity contribution in [2.24, 2.45) is 7.05 Å². The Morgan fingerprint density at radius 3 is 2.67 bits per heavy atom. The van der Waals surface area contributed by atoms with Gasteiger partial charge in [0, 0.05) is 83.9 Å². The summed E-state index contributed by atoms with van der Waals surface area (Å²) in [4.78, 5) is 19.0. The molecule has 3 heterocycles. The van der Waals surface area contributed by atoms with E-state index in [9.17, 15) is 4.79 Å². The van der Waals surface area contributed by atoms with Gasteiger partial charge < -0.3 is 14.2 Å². The molecular weight excluding hydrogens is 340 g/mol. The quantitative estimate of drug-likeness (QED) is 0.729. The van der Waals surface area contributed by atoms with Crippen LogP contribution in [0.15, 0.2) is 18.3 Å². The number of rotatable bonds is 7. The molecule has 2 aliphatic heterocycles. The molecule has 1 amide bonds. The van der Waals surface area contributed by atoms with Crippen molar-refractivity contribution in [1.29, 1.82) is 0 Å². The molecule has 6 heteroatoms. The molecule has 0 N–H and O–H groups in total. The molecule has 0 aliphatic carbocycles. The molecule has 1 atom stereocenters. The third-order valence-electron chi connectivity index (χ3n) is 6.19. The summed E-state index contributed by atoms with van der Waals surface area (Å²) < 4.78 is 7.79. The van der Waals surface area contributed by atoms with Crippen LogP contribution in [-0.4, -0.2) is 83.7 Å². The molecule has 3 rings (SSSR count). The lowest BCUT2D eigenvalue weighted by Gasteiger charge is -2.44. The lowest BCUT2D eigenvalue weighted by molar-refractivity contribution is -0.131. The van der Waals surface area contributed by atoms with Crippen molar-refractivity contribution in [2.45, 2.75) is 51.2 Å². The number of likely N-dealkylation sites (tertiary alicyclic amines) is 1. The zero-order valence-corrected chi connectivity index (χ0v) is 17.3. The van der Waals surface area contributed by atoms with Crippen molar-refractivity contribution in [3.8, 4) is 0 Å². The van der Waals surface area contributed by atoms with E-state index in [1.165, 1.54) is 12.1 Å². The Kier molecular flexibility index (Phi) is 7.33. The van der Waals surface area contributed by atoms with Gasteiger partial charge in [0.1, 0.15) is 0 Å². The van der Waals surface area contributed by atoms with E-state index in [0.29, 0.717) is 12.1 Å². The fraction of sp³-hybridized carbons (Fsp3) is 0.762. The van der Waals surface area contributed by atoms with Crippen molar-refractivity contribution < 1.29 is 9.53 Å². The molecule has 1 aromatic heterocycles. The third-order valence-corrected chi connectivity index (χ3v) is 6.19. The zero-order chi connectivity index (χ0) is 19.2. The van der Waals surface area contributed by atoms with Crippen LogP contribution in [0.1, 0.15) is 38.3 Å². The fourth-order valence-corrected chi connectivity index (χ4v) is 4.49. The minimum Gasteiger partial charge on any atom is -0.381 e. The van der Waals surface area contributed by atoms with Gasteiger partial charge in [0.05, 0.1) is 0 Å². The van der Waals surface area contributed by atoms with E-state index in [-0.39, 0.29) is 5.91 Å². The van der Waals surface area contributed by atoms with Crippen LogP contribution in [-0.2, 0) is 23.1 Å². The van der Waals surface area contributed by atoms with Crippen LogP contribution in [0.5, 0.6) is 0 Å². The predicted molar refractivity (Wildman–Crippen MR) is 108 cm³/mol. The molecule has 0 saturated carbocycles. The number of aromatic nitrogens is 1. The lowest BCUT2D eigenvalue weighted by atomic mass is 9.98. The highest BCUT2D eigenvalue weighted by molar-refractivity contribution is 5.73. The van der Waals surface area contributed by atoms with E-state index in [1.807, 2.05) is 4.90 Å². The Bertz CT molecular complexity index is 597. The van der Waals surface area contributed by atoms with Crippen molar-refractivity contribution in [1.82, 2.24) is 19.3 Å². The van der Waals surface area contributed by atoms with E-state index >= 15 is 0 Å². The Hall–Kier alpha value is -1.37. The van der Waals surface area contributed by atoms with Crippen molar-refractivity contribution in [3.63, 3.8) is 0 Å². The highest BCUT2D eigenvalue weighted by Crippen LogP contribution is 2.23. The number of likely N-dealkylation sites (N-methyl/N-ethyl adjacent to an activating group) is 1. The van der Waals surface area contributed by atoms with Crippen LogP contribution >= 0.6 is 0 Å². The van der Waals surface area contributed by atoms with Gasteiger partial charge in [0.25, 0.3) is 0 Å². The Morgan fingerprint density at radius 1 is 1.22 bits per heavy atom. The number of piperidine rings is 1. The van der Waals surface area contributed by atoms with Crippen LogP contribution in [0, 0.1) is 0 Å². The lowest BCUT2D eigenvalue weighted by Crippen LogP contribution is -2.55. The number of aryl methyl sites for hydroxylation is 1. The standard InChI is InChI=1S/C21H36N4O2/c1-18(26)24-11-5-7-21(17-24)25(19-8-14-27-15-9-19)13-12-22(2)16-20-6-4-10-23(20)3/h4,6,10,19,21H,5,7-9,11-17H2,1-3H3. The molecule has 0 radical (unpaired) electrons. The third kappa shape index (κ3) is 5.56. The van der Waals surface area contributed by atoms with Gasteiger partial charge >= 0.3 is 0 Å². The summed E-state index contributed by atoms with van der Waals surface area (Å²) in [7, 11) is 4.31. The first-order chi connectivity index (χ1) is 13.0. The zero-order valence-electron chi connectivity index (χ0n) is 17.3. The van der Waals surface area contributed by atoms with Crippen molar-refractivity contribution in [3.05, 3.63) is 24.0 Å². The number of carbonyl (C=O) groups excluding carboxylic acids is 1. The summed E-state index contributed by atoms with van der Waals surface area (Å²) in [5, 5.41) is 0. The van der Waals surface area contributed by atoms with Crippen LogP contribution < -0.4 is 0 Å². The molecule has 2 fully saturated rings. The van der Waals surface area contributed by atoms with E-state index in [2.05, 4.69) is 46.8 Å². The van der Waals surface area contributed by atoms with Crippen LogP contribution in [0.3, 0.4) is 0 Å². The first-order valence-corrected chi connectivity index (χ1v) is 10.4. The average Bonchev–Trinajstić information content (AvgIpc) is 3.07. The second-order valence-corrected chi connectivity index (χ2v) is 8.19. The highest BCUT2D eigenvalue weighted by Gasteiger charge is 2.31. The number of hydrogen-bond donors (Lipinski definition) is 0. The van der Waals surface area contributed by atoms with Crippen LogP contribution in [0.25, 0.3) is 0 Å². The summed E-state index contributed by atoms with van der Waals surface area (Å²) in [5.74, 6) is 0.215. The van der Waals surface area contributed by atoms with Gasteiger partial charge in [0.15, 0.2) is 0 Å². The smallest absolute Gasteiger partial charge is 0.219 e. The molecule has 2 saturated heterocycles. The molecule has 0 bridgehead atoms. The van der Waals surface area contributed by atoms with Crippen LogP contribution in [0.4, 0.5) is 0 Å². The molecule has 2 aliphatic rings. The monoisotopic (exact) mass is 376 g/mol. The maximum atomic E-state index is 11.9. The van der Waals surface area contributed by atoms with Crippen molar-refractivity contribution in [2.75, 3.05) is 46.4 Å². The second-order valence-electron chi connectivity index (χ2n) is 8.19. The molecule has 152 valence electrons. The number of nitrogens with zero attached hydrogens (tertiary/aromatic N) is 4. The molecule has 1 unspecified atom stereocenters. The van der Waals surface area contributed by atoms with Gasteiger partial charge in [0.2, 0.25) is 5.91 Å². The fourth-order valence-electron chi connectivity index (χ4n) is 4.49. The summed E-state index contributed by atoms with van der Waals surface area (Å²) in [5.41, 5.74) is 1.34. The Morgan fingerprint density at radius 2 is 2.00 bits per heavy atom. The first kappa shape index (κ1) is 20.4. The number of amides is 1. The number of hydrogen-bond acceptors (Lipinski definition) is 4. The van der Waals surface area contributed by atoms with E-state index in [0.717, 1.165) is 65.2 Å². The molecule has 6 nitrogen and oxygen atoms in total. The van der Waals surface area contributed by atoms with Gasteiger partial charge in [-0.15, -0.1) is 0 Å². The number of carbonyl (C=O) groups is 1. The maximum Gasteiger partial charge on any atom is 0.219 e. The summed E-state index contributed by atoms with van der Waals surface area (Å²) >= 11 is 0. The molecule has 0 aromatic carbocycles.